The Morgan fingerprint density at radius 1 is 0.800 bits per heavy atom. The van der Waals surface area contributed by atoms with Gasteiger partial charge in [0.05, 0.1) is 0 Å². The number of amides is 1. The third kappa shape index (κ3) is 11.6. The van der Waals surface area contributed by atoms with Gasteiger partial charge >= 0.3 is 0 Å². The van der Waals surface area contributed by atoms with Crippen LogP contribution in [0.5, 0.6) is 5.75 Å². The van der Waals surface area contributed by atoms with Gasteiger partial charge in [-0.05, 0) is 43.2 Å². The number of carbonyl (C=O) groups is 1. The molecule has 0 saturated heterocycles. The van der Waals surface area contributed by atoms with Gasteiger partial charge in [-0.15, -0.1) is 0 Å². The quantitative estimate of drug-likeness (QED) is 0.215. The first kappa shape index (κ1) is 26.5. The van der Waals surface area contributed by atoms with Crippen LogP contribution in [0.4, 0.5) is 0 Å². The molecule has 0 heterocycles. The first-order valence-corrected chi connectivity index (χ1v) is 12.6. The van der Waals surface area contributed by atoms with E-state index in [1.807, 2.05) is 12.1 Å². The Morgan fingerprint density at radius 2 is 1.40 bits per heavy atom. The van der Waals surface area contributed by atoms with Crippen LogP contribution in [0, 0.1) is 5.92 Å². The number of nitrogens with one attached hydrogen (secondary N) is 1. The Bertz CT molecular complexity index is 558. The molecule has 2 atom stereocenters. The summed E-state index contributed by atoms with van der Waals surface area (Å²) < 4.78 is 6.03. The zero-order valence-electron chi connectivity index (χ0n) is 19.9. The molecular weight excluding hydrogens is 370 g/mol. The fourth-order valence-electron chi connectivity index (χ4n) is 4.12. The van der Waals surface area contributed by atoms with Crippen LogP contribution in [-0.2, 0) is 11.2 Å². The second kappa shape index (κ2) is 17.2. The fourth-order valence-corrected chi connectivity index (χ4v) is 4.12. The Kier molecular flexibility index (Phi) is 15.2. The van der Waals surface area contributed by atoms with E-state index in [1.165, 1.54) is 76.2 Å². The molecule has 0 fully saturated rings. The van der Waals surface area contributed by atoms with Gasteiger partial charge in [0.15, 0.2) is 6.10 Å². The van der Waals surface area contributed by atoms with Gasteiger partial charge in [0.25, 0.3) is 5.91 Å². The molecule has 1 radical (unpaired) electrons. The molecule has 0 aliphatic heterocycles. The van der Waals surface area contributed by atoms with E-state index >= 15 is 0 Å². The van der Waals surface area contributed by atoms with Crippen molar-refractivity contribution in [1.29, 1.82) is 0 Å². The summed E-state index contributed by atoms with van der Waals surface area (Å²) in [5.74, 6) is 0.970. The van der Waals surface area contributed by atoms with E-state index in [1.54, 1.807) is 0 Å². The first-order chi connectivity index (χ1) is 14.6. The molecular formula is C27H46NO2. The minimum atomic E-state index is -0.634. The third-order valence-corrected chi connectivity index (χ3v) is 6.11. The molecule has 1 rings (SSSR count). The summed E-state index contributed by atoms with van der Waals surface area (Å²) in [4.78, 5) is 11.7. The first-order valence-electron chi connectivity index (χ1n) is 12.6. The van der Waals surface area contributed by atoms with Crippen LogP contribution in [-0.4, -0.2) is 12.0 Å². The predicted molar refractivity (Wildman–Crippen MR) is 128 cm³/mol. The Hall–Kier alpha value is -1.51. The van der Waals surface area contributed by atoms with Gasteiger partial charge < -0.3 is 4.74 Å². The average molecular weight is 417 g/mol. The van der Waals surface area contributed by atoms with Crippen molar-refractivity contribution < 1.29 is 9.53 Å². The van der Waals surface area contributed by atoms with Crippen molar-refractivity contribution in [2.45, 2.75) is 123 Å². The number of para-hydroxylation sites is 1. The van der Waals surface area contributed by atoms with Gasteiger partial charge in [0.2, 0.25) is 0 Å². The zero-order valence-corrected chi connectivity index (χ0v) is 19.9. The molecule has 1 aromatic rings. The Balaban J connectivity index is 2.66. The number of ether oxygens (including phenoxy) is 1. The SMILES string of the molecule is CCCCCCCC(CCCCC)CCc1ccccc1OC(CCCC)C([NH])=O. The highest BCUT2D eigenvalue weighted by Crippen LogP contribution is 2.27. The van der Waals surface area contributed by atoms with Crippen LogP contribution in [0.25, 0.3) is 0 Å². The molecule has 0 aliphatic carbocycles. The van der Waals surface area contributed by atoms with Crippen LogP contribution in [0.3, 0.4) is 0 Å². The monoisotopic (exact) mass is 416 g/mol. The minimum Gasteiger partial charge on any atom is -0.480 e. The maximum Gasteiger partial charge on any atom is 0.279 e. The normalized spacial score (nSPS) is 13.2. The van der Waals surface area contributed by atoms with Crippen LogP contribution in [0.1, 0.15) is 116 Å². The van der Waals surface area contributed by atoms with Crippen LogP contribution >= 0.6 is 0 Å². The molecule has 3 nitrogen and oxygen atoms in total. The molecule has 0 spiro atoms. The summed E-state index contributed by atoms with van der Waals surface area (Å²) >= 11 is 0. The van der Waals surface area contributed by atoms with Crippen molar-refractivity contribution in [3.05, 3.63) is 29.8 Å². The molecule has 1 amide bonds. The third-order valence-electron chi connectivity index (χ3n) is 6.11. The highest BCUT2D eigenvalue weighted by molar-refractivity contribution is 5.78. The van der Waals surface area contributed by atoms with Gasteiger partial charge in [0.1, 0.15) is 5.75 Å². The van der Waals surface area contributed by atoms with Gasteiger partial charge in [0, 0.05) is 0 Å². The molecule has 0 aliphatic rings. The van der Waals surface area contributed by atoms with E-state index in [0.29, 0.717) is 6.42 Å². The highest BCUT2D eigenvalue weighted by Gasteiger charge is 2.19. The van der Waals surface area contributed by atoms with E-state index in [-0.39, 0.29) is 0 Å². The van der Waals surface area contributed by atoms with Gasteiger partial charge in [-0.3, -0.25) is 10.5 Å². The molecule has 0 aromatic heterocycles. The van der Waals surface area contributed by atoms with Crippen LogP contribution in [0.15, 0.2) is 24.3 Å². The van der Waals surface area contributed by atoms with Crippen LogP contribution in [0.2, 0.25) is 0 Å². The van der Waals surface area contributed by atoms with Crippen molar-refractivity contribution in [2.24, 2.45) is 5.92 Å². The van der Waals surface area contributed by atoms with Gasteiger partial charge in [-0.2, -0.15) is 0 Å². The second-order valence-electron chi connectivity index (χ2n) is 8.82. The number of benzene rings is 1. The van der Waals surface area contributed by atoms with Gasteiger partial charge in [-0.1, -0.05) is 110 Å². The van der Waals surface area contributed by atoms with E-state index in [0.717, 1.165) is 30.9 Å². The number of carbonyl (C=O) groups excluding carboxylic acids is 1. The van der Waals surface area contributed by atoms with Crippen molar-refractivity contribution in [3.63, 3.8) is 0 Å². The number of rotatable bonds is 19. The lowest BCUT2D eigenvalue weighted by molar-refractivity contribution is -0.125. The van der Waals surface area contributed by atoms with Crippen LogP contribution < -0.4 is 10.5 Å². The highest BCUT2D eigenvalue weighted by atomic mass is 16.5. The molecule has 0 bridgehead atoms. The molecule has 1 aromatic carbocycles. The molecule has 171 valence electrons. The van der Waals surface area contributed by atoms with Crippen molar-refractivity contribution >= 4 is 5.91 Å². The molecule has 30 heavy (non-hydrogen) atoms. The van der Waals surface area contributed by atoms with Crippen molar-refractivity contribution in [1.82, 2.24) is 5.73 Å². The fraction of sp³-hybridized carbons (Fsp3) is 0.741. The molecule has 0 saturated carbocycles. The topological polar surface area (TPSA) is 50.1 Å². The predicted octanol–water partition coefficient (Wildman–Crippen LogP) is 7.92. The van der Waals surface area contributed by atoms with E-state index in [2.05, 4.69) is 32.9 Å². The molecule has 3 heteroatoms. The maximum absolute atomic E-state index is 11.7. The summed E-state index contributed by atoms with van der Waals surface area (Å²) in [6.07, 6.45) is 17.4. The summed E-state index contributed by atoms with van der Waals surface area (Å²) in [6.45, 7) is 6.64. The minimum absolute atomic E-state index is 0.609. The molecule has 2 unspecified atom stereocenters. The summed E-state index contributed by atoms with van der Waals surface area (Å²) in [6, 6.07) is 8.12. The standard InChI is InChI=1S/C27H46NO2/c1-4-7-10-11-13-17-23(16-12-8-5-2)21-22-24-18-14-15-20-25(24)30-26(27(28)29)19-9-6-3/h14-15,18,20,23,26,28H,4-13,16-17,19,21-22H2,1-3H3. The number of hydrogen-bond acceptors (Lipinski definition) is 2. The number of unbranched alkanes of at least 4 members (excludes halogenated alkanes) is 7. The Labute approximate surface area is 186 Å². The zero-order chi connectivity index (χ0) is 22.0. The van der Waals surface area contributed by atoms with E-state index in [9.17, 15) is 4.79 Å². The lowest BCUT2D eigenvalue weighted by Crippen LogP contribution is -2.28. The summed E-state index contributed by atoms with van der Waals surface area (Å²) in [7, 11) is 0. The van der Waals surface area contributed by atoms with Gasteiger partial charge in [-0.25, -0.2) is 0 Å². The van der Waals surface area contributed by atoms with Crippen molar-refractivity contribution in [2.75, 3.05) is 0 Å². The largest absolute Gasteiger partial charge is 0.480 e. The molecule has 1 N–H and O–H groups in total. The summed E-state index contributed by atoms with van der Waals surface area (Å²) in [5, 5.41) is 0. The van der Waals surface area contributed by atoms with E-state index in [4.69, 9.17) is 10.5 Å². The Morgan fingerprint density at radius 3 is 2.07 bits per heavy atom. The number of aryl methyl sites for hydroxylation is 1. The average Bonchev–Trinajstić information content (AvgIpc) is 2.75. The smallest absolute Gasteiger partial charge is 0.279 e. The second-order valence-corrected chi connectivity index (χ2v) is 8.82. The summed E-state index contributed by atoms with van der Waals surface area (Å²) in [5.41, 5.74) is 8.74. The van der Waals surface area contributed by atoms with Crippen molar-refractivity contribution in [3.8, 4) is 5.75 Å². The van der Waals surface area contributed by atoms with E-state index < -0.39 is 12.0 Å². The lowest BCUT2D eigenvalue weighted by atomic mass is 9.89. The lowest BCUT2D eigenvalue weighted by Gasteiger charge is -2.20. The maximum atomic E-state index is 11.7. The number of hydrogen-bond donors (Lipinski definition) is 0.